The van der Waals surface area contributed by atoms with Crippen molar-refractivity contribution < 1.29 is 14.7 Å². The zero-order chi connectivity index (χ0) is 8.85. The summed E-state index contributed by atoms with van der Waals surface area (Å²) in [6, 6.07) is 0. The Kier molecular flexibility index (Phi) is 4.21. The van der Waals surface area contributed by atoms with Gasteiger partial charge in [0.05, 0.1) is 19.1 Å². The largest absolute Gasteiger partial charge is 0.393 e. The molecule has 0 aliphatic rings. The molecule has 11 heavy (non-hydrogen) atoms. The van der Waals surface area contributed by atoms with E-state index in [1.54, 1.807) is 0 Å². The van der Waals surface area contributed by atoms with Gasteiger partial charge in [-0.25, -0.2) is 0 Å². The average molecular weight is 160 g/mol. The molecule has 0 unspecified atom stereocenters. The Labute approximate surface area is 64.6 Å². The highest BCUT2D eigenvalue weighted by Crippen LogP contribution is 1.87. The number of rotatable bonds is 4. The van der Waals surface area contributed by atoms with Crippen LogP contribution in [-0.2, 0) is 9.59 Å². The number of hydrogen-bond acceptors (Lipinski definition) is 3. The monoisotopic (exact) mass is 160 g/mol. The van der Waals surface area contributed by atoms with Gasteiger partial charge in [0.25, 0.3) is 0 Å². The molecule has 0 aliphatic heterocycles. The number of hydrogen-bond donors (Lipinski definition) is 3. The molecule has 0 heterocycles. The molecule has 0 radical (unpaired) electrons. The summed E-state index contributed by atoms with van der Waals surface area (Å²) in [6.45, 7) is 1.31. The summed E-state index contributed by atoms with van der Waals surface area (Å²) in [7, 11) is 0. The van der Waals surface area contributed by atoms with Gasteiger partial charge in [0.15, 0.2) is 0 Å². The standard InChI is InChI=1S/C6H12N2O3/c1-4(9)2-6(11)8-3-5(7)10/h4,9H,2-3H2,1H3,(H2,7,10)(H,8,11)/t4-/m1/s1. The van der Waals surface area contributed by atoms with Gasteiger partial charge in [0.1, 0.15) is 0 Å². The predicted molar refractivity (Wildman–Crippen MR) is 38.5 cm³/mol. The van der Waals surface area contributed by atoms with Crippen LogP contribution in [0.2, 0.25) is 0 Å². The Balaban J connectivity index is 3.45. The van der Waals surface area contributed by atoms with Crippen LogP contribution in [0.25, 0.3) is 0 Å². The minimum Gasteiger partial charge on any atom is -0.393 e. The molecule has 0 saturated heterocycles. The van der Waals surface area contributed by atoms with E-state index in [0.717, 1.165) is 0 Å². The molecule has 0 fully saturated rings. The zero-order valence-corrected chi connectivity index (χ0v) is 6.33. The number of nitrogens with one attached hydrogen (secondary N) is 1. The summed E-state index contributed by atoms with van der Waals surface area (Å²) < 4.78 is 0. The van der Waals surface area contributed by atoms with Gasteiger partial charge < -0.3 is 16.2 Å². The van der Waals surface area contributed by atoms with E-state index in [9.17, 15) is 9.59 Å². The molecule has 1 atom stereocenters. The quantitative estimate of drug-likeness (QED) is 0.460. The Hall–Kier alpha value is -1.10. The van der Waals surface area contributed by atoms with Gasteiger partial charge in [-0.1, -0.05) is 0 Å². The second-order valence-electron chi connectivity index (χ2n) is 2.30. The van der Waals surface area contributed by atoms with Crippen LogP contribution in [0.3, 0.4) is 0 Å². The Morgan fingerprint density at radius 2 is 2.18 bits per heavy atom. The first kappa shape index (κ1) is 9.90. The third-order valence-electron chi connectivity index (χ3n) is 0.941. The molecule has 0 aliphatic carbocycles. The van der Waals surface area contributed by atoms with Crippen LogP contribution in [0.5, 0.6) is 0 Å². The Morgan fingerprint density at radius 3 is 2.55 bits per heavy atom. The molecule has 0 rings (SSSR count). The molecule has 0 aromatic rings. The van der Waals surface area contributed by atoms with E-state index < -0.39 is 12.0 Å². The van der Waals surface area contributed by atoms with Crippen molar-refractivity contribution in [3.63, 3.8) is 0 Å². The SMILES string of the molecule is C[C@@H](O)CC(=O)NCC(N)=O. The fourth-order valence-electron chi connectivity index (χ4n) is 0.526. The highest BCUT2D eigenvalue weighted by Gasteiger charge is 2.05. The molecule has 0 aromatic carbocycles. The van der Waals surface area contributed by atoms with E-state index in [1.807, 2.05) is 0 Å². The molecule has 64 valence electrons. The predicted octanol–water partition coefficient (Wildman–Crippen LogP) is -1.64. The lowest BCUT2D eigenvalue weighted by molar-refractivity contribution is -0.126. The van der Waals surface area contributed by atoms with Crippen LogP contribution in [-0.4, -0.2) is 29.6 Å². The summed E-state index contributed by atoms with van der Waals surface area (Å²) in [5.74, 6) is -0.970. The van der Waals surface area contributed by atoms with E-state index in [4.69, 9.17) is 10.8 Å². The maximum Gasteiger partial charge on any atom is 0.236 e. The van der Waals surface area contributed by atoms with Gasteiger partial charge in [-0.15, -0.1) is 0 Å². The molecule has 5 heteroatoms. The second kappa shape index (κ2) is 4.68. The Morgan fingerprint density at radius 1 is 1.64 bits per heavy atom. The third kappa shape index (κ3) is 6.79. The van der Waals surface area contributed by atoms with Gasteiger partial charge >= 0.3 is 0 Å². The van der Waals surface area contributed by atoms with E-state index in [0.29, 0.717) is 0 Å². The molecule has 0 spiro atoms. The lowest BCUT2D eigenvalue weighted by atomic mass is 10.3. The minimum atomic E-state index is -0.692. The van der Waals surface area contributed by atoms with Crippen LogP contribution in [0.4, 0.5) is 0 Å². The van der Waals surface area contributed by atoms with Crippen molar-refractivity contribution in [2.24, 2.45) is 5.73 Å². The number of carbonyl (C=O) groups excluding carboxylic acids is 2. The number of aliphatic hydroxyl groups is 1. The lowest BCUT2D eigenvalue weighted by Crippen LogP contribution is -2.34. The molecule has 0 aromatic heterocycles. The molecule has 4 N–H and O–H groups in total. The van der Waals surface area contributed by atoms with Crippen molar-refractivity contribution in [2.75, 3.05) is 6.54 Å². The lowest BCUT2D eigenvalue weighted by Gasteiger charge is -2.03. The van der Waals surface area contributed by atoms with Gasteiger partial charge in [0, 0.05) is 0 Å². The number of aliphatic hydroxyl groups excluding tert-OH is 1. The number of nitrogens with two attached hydrogens (primary N) is 1. The molecule has 0 bridgehead atoms. The smallest absolute Gasteiger partial charge is 0.236 e. The molecule has 2 amide bonds. The molecule has 5 nitrogen and oxygen atoms in total. The van der Waals surface area contributed by atoms with Crippen molar-refractivity contribution in [2.45, 2.75) is 19.4 Å². The summed E-state index contributed by atoms with van der Waals surface area (Å²) in [5.41, 5.74) is 4.76. The zero-order valence-electron chi connectivity index (χ0n) is 6.33. The molecular formula is C6H12N2O3. The van der Waals surface area contributed by atoms with Crippen LogP contribution >= 0.6 is 0 Å². The topological polar surface area (TPSA) is 92.4 Å². The summed E-state index contributed by atoms with van der Waals surface area (Å²) in [5, 5.41) is 11.0. The summed E-state index contributed by atoms with van der Waals surface area (Å²) in [4.78, 5) is 20.8. The van der Waals surface area contributed by atoms with Crippen molar-refractivity contribution in [3.8, 4) is 0 Å². The third-order valence-corrected chi connectivity index (χ3v) is 0.941. The fourth-order valence-corrected chi connectivity index (χ4v) is 0.526. The summed E-state index contributed by atoms with van der Waals surface area (Å²) in [6.07, 6.45) is -0.698. The number of primary amides is 1. The number of amides is 2. The average Bonchev–Trinajstić information content (AvgIpc) is 1.82. The fraction of sp³-hybridized carbons (Fsp3) is 0.667. The van der Waals surface area contributed by atoms with E-state index in [2.05, 4.69) is 5.32 Å². The number of carbonyl (C=O) groups is 2. The van der Waals surface area contributed by atoms with E-state index in [1.165, 1.54) is 6.92 Å². The maximum absolute atomic E-state index is 10.7. The second-order valence-corrected chi connectivity index (χ2v) is 2.30. The molecule has 0 saturated carbocycles. The first-order valence-corrected chi connectivity index (χ1v) is 3.25. The molecular weight excluding hydrogens is 148 g/mol. The van der Waals surface area contributed by atoms with Crippen molar-refractivity contribution in [1.82, 2.24) is 5.32 Å². The first-order chi connectivity index (χ1) is 5.02. The van der Waals surface area contributed by atoms with Gasteiger partial charge in [-0.3, -0.25) is 9.59 Å². The highest BCUT2D eigenvalue weighted by atomic mass is 16.3. The van der Waals surface area contributed by atoms with Crippen LogP contribution in [0, 0.1) is 0 Å². The van der Waals surface area contributed by atoms with Crippen molar-refractivity contribution in [3.05, 3.63) is 0 Å². The normalized spacial score (nSPS) is 12.2. The van der Waals surface area contributed by atoms with E-state index in [-0.39, 0.29) is 18.9 Å². The van der Waals surface area contributed by atoms with Crippen molar-refractivity contribution >= 4 is 11.8 Å². The van der Waals surface area contributed by atoms with Gasteiger partial charge in [0.2, 0.25) is 11.8 Å². The van der Waals surface area contributed by atoms with Crippen LogP contribution < -0.4 is 11.1 Å². The van der Waals surface area contributed by atoms with Gasteiger partial charge in [-0.05, 0) is 6.92 Å². The van der Waals surface area contributed by atoms with Crippen LogP contribution in [0.1, 0.15) is 13.3 Å². The van der Waals surface area contributed by atoms with Crippen LogP contribution in [0.15, 0.2) is 0 Å². The summed E-state index contributed by atoms with van der Waals surface area (Å²) >= 11 is 0. The Bertz CT molecular complexity index is 156. The first-order valence-electron chi connectivity index (χ1n) is 3.25. The highest BCUT2D eigenvalue weighted by molar-refractivity contribution is 5.83. The van der Waals surface area contributed by atoms with Gasteiger partial charge in [-0.2, -0.15) is 0 Å². The van der Waals surface area contributed by atoms with E-state index >= 15 is 0 Å². The maximum atomic E-state index is 10.7. The van der Waals surface area contributed by atoms with Crippen molar-refractivity contribution in [1.29, 1.82) is 0 Å². The minimum absolute atomic E-state index is 0.00667.